The molecule has 1 heteroatoms. The summed E-state index contributed by atoms with van der Waals surface area (Å²) in [7, 11) is 0. The standard InChI is InChI=1S/C12H18N/c1-2-5-9-12(8-4-1)13-10-6-3-7-11-13/h3,6-7,10-12H,1-2,4-5,8-9H2/q+1. The second-order valence-corrected chi connectivity index (χ2v) is 3.97. The summed E-state index contributed by atoms with van der Waals surface area (Å²) in [6.07, 6.45) is 12.8. The Kier molecular flexibility index (Phi) is 2.96. The summed E-state index contributed by atoms with van der Waals surface area (Å²) < 4.78 is 2.38. The van der Waals surface area contributed by atoms with Crippen molar-refractivity contribution in [3.63, 3.8) is 0 Å². The highest BCUT2D eigenvalue weighted by Gasteiger charge is 2.18. The second kappa shape index (κ2) is 4.40. The fraction of sp³-hybridized carbons (Fsp3) is 0.583. The van der Waals surface area contributed by atoms with Crippen LogP contribution in [0.1, 0.15) is 44.6 Å². The van der Waals surface area contributed by atoms with Crippen LogP contribution in [0.3, 0.4) is 0 Å². The van der Waals surface area contributed by atoms with Gasteiger partial charge in [-0.3, -0.25) is 0 Å². The number of hydrogen-bond acceptors (Lipinski definition) is 0. The van der Waals surface area contributed by atoms with Crippen LogP contribution in [0, 0.1) is 0 Å². The fourth-order valence-corrected chi connectivity index (χ4v) is 2.21. The molecule has 1 saturated carbocycles. The SMILES string of the molecule is c1cc[n+](C2CCCCCC2)cc1. The van der Waals surface area contributed by atoms with Crippen LogP contribution in [0.5, 0.6) is 0 Å². The van der Waals surface area contributed by atoms with Crippen LogP contribution in [0.25, 0.3) is 0 Å². The lowest BCUT2D eigenvalue weighted by Crippen LogP contribution is -2.38. The third-order valence-electron chi connectivity index (χ3n) is 2.98. The van der Waals surface area contributed by atoms with E-state index >= 15 is 0 Å². The first-order valence-corrected chi connectivity index (χ1v) is 5.42. The molecule has 0 spiro atoms. The Morgan fingerprint density at radius 3 is 2.00 bits per heavy atom. The van der Waals surface area contributed by atoms with Crippen molar-refractivity contribution in [3.8, 4) is 0 Å². The van der Waals surface area contributed by atoms with Gasteiger partial charge in [-0.1, -0.05) is 18.9 Å². The van der Waals surface area contributed by atoms with Crippen LogP contribution in [0.2, 0.25) is 0 Å². The van der Waals surface area contributed by atoms with Gasteiger partial charge in [0.1, 0.15) is 0 Å². The lowest BCUT2D eigenvalue weighted by Gasteiger charge is -2.07. The Morgan fingerprint density at radius 1 is 0.769 bits per heavy atom. The number of hydrogen-bond donors (Lipinski definition) is 0. The molecule has 1 heterocycles. The molecule has 0 aliphatic heterocycles. The molecule has 1 aromatic heterocycles. The average molecular weight is 176 g/mol. The first-order valence-electron chi connectivity index (χ1n) is 5.42. The van der Waals surface area contributed by atoms with Gasteiger partial charge in [-0.15, -0.1) is 0 Å². The Bertz CT molecular complexity index is 235. The molecule has 1 aliphatic carbocycles. The molecule has 0 N–H and O–H groups in total. The second-order valence-electron chi connectivity index (χ2n) is 3.97. The summed E-state index contributed by atoms with van der Waals surface area (Å²) in [6.45, 7) is 0. The number of aromatic nitrogens is 1. The van der Waals surface area contributed by atoms with Gasteiger partial charge >= 0.3 is 0 Å². The first kappa shape index (κ1) is 8.74. The van der Waals surface area contributed by atoms with Gasteiger partial charge in [0.2, 0.25) is 0 Å². The Morgan fingerprint density at radius 2 is 1.38 bits per heavy atom. The predicted molar refractivity (Wildman–Crippen MR) is 53.4 cm³/mol. The van der Waals surface area contributed by atoms with Crippen LogP contribution in [0.4, 0.5) is 0 Å². The van der Waals surface area contributed by atoms with Crippen LogP contribution >= 0.6 is 0 Å². The summed E-state index contributed by atoms with van der Waals surface area (Å²) in [5.74, 6) is 0. The third kappa shape index (κ3) is 2.30. The monoisotopic (exact) mass is 176 g/mol. The van der Waals surface area contributed by atoms with E-state index in [9.17, 15) is 0 Å². The molecule has 1 nitrogen and oxygen atoms in total. The summed E-state index contributed by atoms with van der Waals surface area (Å²) in [5, 5.41) is 0. The van der Waals surface area contributed by atoms with Gasteiger partial charge in [0.05, 0.1) is 0 Å². The van der Waals surface area contributed by atoms with E-state index in [0.717, 1.165) is 6.04 Å². The molecule has 13 heavy (non-hydrogen) atoms. The molecule has 0 atom stereocenters. The minimum absolute atomic E-state index is 0.767. The highest BCUT2D eigenvalue weighted by Crippen LogP contribution is 2.22. The van der Waals surface area contributed by atoms with Gasteiger partial charge in [0, 0.05) is 25.0 Å². The van der Waals surface area contributed by atoms with Gasteiger partial charge in [-0.05, 0) is 12.8 Å². The molecular formula is C12H18N+. The zero-order valence-corrected chi connectivity index (χ0v) is 8.15. The van der Waals surface area contributed by atoms with E-state index in [-0.39, 0.29) is 0 Å². The quantitative estimate of drug-likeness (QED) is 0.457. The fourth-order valence-electron chi connectivity index (χ4n) is 2.21. The molecule has 1 aromatic rings. The molecule has 70 valence electrons. The molecule has 1 aliphatic rings. The van der Waals surface area contributed by atoms with Crippen molar-refractivity contribution in [1.82, 2.24) is 0 Å². The van der Waals surface area contributed by atoms with Crippen molar-refractivity contribution in [2.75, 3.05) is 0 Å². The summed E-state index contributed by atoms with van der Waals surface area (Å²) in [4.78, 5) is 0. The van der Waals surface area contributed by atoms with E-state index in [4.69, 9.17) is 0 Å². The van der Waals surface area contributed by atoms with Crippen molar-refractivity contribution >= 4 is 0 Å². The molecule has 0 bridgehead atoms. The Hall–Kier alpha value is -0.850. The molecule has 0 saturated heterocycles. The van der Waals surface area contributed by atoms with Crippen LogP contribution in [-0.2, 0) is 0 Å². The van der Waals surface area contributed by atoms with Crippen molar-refractivity contribution in [2.24, 2.45) is 0 Å². The van der Waals surface area contributed by atoms with Gasteiger partial charge in [0.25, 0.3) is 0 Å². The third-order valence-corrected chi connectivity index (χ3v) is 2.98. The predicted octanol–water partition coefficient (Wildman–Crippen LogP) is 2.87. The molecular weight excluding hydrogens is 158 g/mol. The number of rotatable bonds is 1. The highest BCUT2D eigenvalue weighted by molar-refractivity contribution is 4.84. The zero-order valence-electron chi connectivity index (χ0n) is 8.15. The molecule has 0 radical (unpaired) electrons. The van der Waals surface area contributed by atoms with Crippen molar-refractivity contribution in [2.45, 2.75) is 44.6 Å². The zero-order chi connectivity index (χ0) is 8.93. The topological polar surface area (TPSA) is 3.88 Å². The Balaban J connectivity index is 2.06. The summed E-state index contributed by atoms with van der Waals surface area (Å²) in [6, 6.07) is 7.12. The van der Waals surface area contributed by atoms with Gasteiger partial charge in [-0.2, -0.15) is 0 Å². The number of pyridine rings is 1. The average Bonchev–Trinajstić information content (AvgIpc) is 2.47. The minimum atomic E-state index is 0.767. The summed E-state index contributed by atoms with van der Waals surface area (Å²) >= 11 is 0. The molecule has 2 rings (SSSR count). The van der Waals surface area contributed by atoms with Crippen molar-refractivity contribution < 1.29 is 4.57 Å². The highest BCUT2D eigenvalue weighted by atomic mass is 15.0. The maximum Gasteiger partial charge on any atom is 0.169 e. The lowest BCUT2D eigenvalue weighted by molar-refractivity contribution is -0.724. The van der Waals surface area contributed by atoms with E-state index in [1.807, 2.05) is 0 Å². The molecule has 0 amide bonds. The van der Waals surface area contributed by atoms with Crippen LogP contribution in [0.15, 0.2) is 30.6 Å². The molecule has 1 fully saturated rings. The molecule has 0 aromatic carbocycles. The lowest BCUT2D eigenvalue weighted by atomic mass is 10.1. The van der Waals surface area contributed by atoms with Crippen molar-refractivity contribution in [1.29, 1.82) is 0 Å². The molecule has 0 unspecified atom stereocenters. The normalized spacial score (nSPS) is 19.7. The van der Waals surface area contributed by atoms with E-state index in [2.05, 4.69) is 35.2 Å². The van der Waals surface area contributed by atoms with E-state index in [1.54, 1.807) is 0 Å². The maximum atomic E-state index is 2.38. The first-order chi connectivity index (χ1) is 6.47. The van der Waals surface area contributed by atoms with Gasteiger partial charge in [-0.25, -0.2) is 4.57 Å². The van der Waals surface area contributed by atoms with Crippen molar-refractivity contribution in [3.05, 3.63) is 30.6 Å². The Labute approximate surface area is 80.4 Å². The smallest absolute Gasteiger partial charge is 0.169 e. The van der Waals surface area contributed by atoms with Gasteiger partial charge < -0.3 is 0 Å². The minimum Gasteiger partial charge on any atom is -0.202 e. The van der Waals surface area contributed by atoms with Crippen LogP contribution < -0.4 is 4.57 Å². The van der Waals surface area contributed by atoms with Gasteiger partial charge in [0.15, 0.2) is 18.4 Å². The van der Waals surface area contributed by atoms with E-state index < -0.39 is 0 Å². The largest absolute Gasteiger partial charge is 0.202 e. The maximum absolute atomic E-state index is 2.38. The van der Waals surface area contributed by atoms with E-state index in [1.165, 1.54) is 38.5 Å². The van der Waals surface area contributed by atoms with E-state index in [0.29, 0.717) is 0 Å². The summed E-state index contributed by atoms with van der Waals surface area (Å²) in [5.41, 5.74) is 0. The van der Waals surface area contributed by atoms with Crippen LogP contribution in [-0.4, -0.2) is 0 Å². The number of nitrogens with zero attached hydrogens (tertiary/aromatic N) is 1.